The molecular formula is C18H19NO2. The van der Waals surface area contributed by atoms with Crippen LogP contribution < -0.4 is 10.1 Å². The molecule has 0 unspecified atom stereocenters. The van der Waals surface area contributed by atoms with Crippen molar-refractivity contribution in [2.24, 2.45) is 0 Å². The fourth-order valence-corrected chi connectivity index (χ4v) is 2.56. The Bertz CT molecular complexity index is 647. The summed E-state index contributed by atoms with van der Waals surface area (Å²) in [6.45, 7) is 3.51. The summed E-state index contributed by atoms with van der Waals surface area (Å²) in [5.74, 6) is 0.790. The summed E-state index contributed by atoms with van der Waals surface area (Å²) in [5, 5.41) is 3.26. The number of ketones is 1. The van der Waals surface area contributed by atoms with Gasteiger partial charge >= 0.3 is 0 Å². The number of hydrogen-bond donors (Lipinski definition) is 1. The van der Waals surface area contributed by atoms with E-state index in [1.165, 1.54) is 5.56 Å². The zero-order chi connectivity index (χ0) is 14.7. The van der Waals surface area contributed by atoms with E-state index < -0.39 is 0 Å². The van der Waals surface area contributed by atoms with Crippen molar-refractivity contribution in [3.63, 3.8) is 0 Å². The van der Waals surface area contributed by atoms with Crippen LogP contribution in [-0.4, -0.2) is 18.9 Å². The fraction of sp³-hybridized carbons (Fsp3) is 0.278. The minimum Gasteiger partial charge on any atom is -0.489 e. The van der Waals surface area contributed by atoms with Gasteiger partial charge in [0.05, 0.1) is 11.3 Å². The molecule has 1 heterocycles. The van der Waals surface area contributed by atoms with Gasteiger partial charge in [-0.3, -0.25) is 4.79 Å². The van der Waals surface area contributed by atoms with Crippen LogP contribution in [0.1, 0.15) is 28.4 Å². The Labute approximate surface area is 124 Å². The van der Waals surface area contributed by atoms with Crippen LogP contribution in [0, 0.1) is 0 Å². The van der Waals surface area contributed by atoms with Gasteiger partial charge in [0.2, 0.25) is 0 Å². The van der Waals surface area contributed by atoms with Gasteiger partial charge in [-0.1, -0.05) is 37.3 Å². The summed E-state index contributed by atoms with van der Waals surface area (Å²) in [6, 6.07) is 13.9. The van der Waals surface area contributed by atoms with Gasteiger partial charge < -0.3 is 10.1 Å². The number of carbonyl (C=O) groups excluding carboxylic acids is 1. The fourth-order valence-electron chi connectivity index (χ4n) is 2.56. The third-order valence-corrected chi connectivity index (χ3v) is 3.78. The summed E-state index contributed by atoms with van der Waals surface area (Å²) in [7, 11) is 0. The number of rotatable bonds is 4. The molecule has 0 saturated carbocycles. The maximum absolute atomic E-state index is 12.5. The summed E-state index contributed by atoms with van der Waals surface area (Å²) < 4.78 is 5.67. The van der Waals surface area contributed by atoms with Crippen molar-refractivity contribution < 1.29 is 9.53 Å². The van der Waals surface area contributed by atoms with Crippen LogP contribution in [0.5, 0.6) is 5.75 Å². The molecule has 0 spiro atoms. The Kier molecular flexibility index (Phi) is 3.91. The molecule has 0 radical (unpaired) electrons. The van der Waals surface area contributed by atoms with Gasteiger partial charge in [-0.25, -0.2) is 0 Å². The average Bonchev–Trinajstić information content (AvgIpc) is 2.55. The molecule has 0 bridgehead atoms. The monoisotopic (exact) mass is 281 g/mol. The third-order valence-electron chi connectivity index (χ3n) is 3.78. The number of benzene rings is 2. The van der Waals surface area contributed by atoms with E-state index in [1.54, 1.807) is 0 Å². The lowest BCUT2D eigenvalue weighted by Crippen LogP contribution is -2.20. The first-order chi connectivity index (χ1) is 10.3. The molecule has 2 aromatic rings. The number of Topliss-reactive ketones (excluding diaryl/α,β-unsaturated/α-hetero) is 1. The summed E-state index contributed by atoms with van der Waals surface area (Å²) >= 11 is 0. The van der Waals surface area contributed by atoms with Crippen molar-refractivity contribution in [2.45, 2.75) is 19.8 Å². The van der Waals surface area contributed by atoms with Crippen molar-refractivity contribution >= 4 is 11.5 Å². The van der Waals surface area contributed by atoms with E-state index >= 15 is 0 Å². The van der Waals surface area contributed by atoms with Gasteiger partial charge in [0.25, 0.3) is 0 Å². The van der Waals surface area contributed by atoms with Crippen LogP contribution >= 0.6 is 0 Å². The third kappa shape index (κ3) is 2.92. The second-order valence-corrected chi connectivity index (χ2v) is 5.23. The van der Waals surface area contributed by atoms with Crippen LogP contribution in [0.15, 0.2) is 42.5 Å². The van der Waals surface area contributed by atoms with Crippen molar-refractivity contribution in [3.05, 3.63) is 59.2 Å². The molecule has 0 fully saturated rings. The second-order valence-electron chi connectivity index (χ2n) is 5.23. The number of nitrogens with one attached hydrogen (secondary N) is 1. The van der Waals surface area contributed by atoms with Crippen molar-refractivity contribution in [1.29, 1.82) is 0 Å². The summed E-state index contributed by atoms with van der Waals surface area (Å²) in [6.07, 6.45) is 1.42. The number of carbonyl (C=O) groups is 1. The van der Waals surface area contributed by atoms with Crippen LogP contribution in [0.4, 0.5) is 5.69 Å². The molecule has 0 aliphatic carbocycles. The van der Waals surface area contributed by atoms with E-state index in [0.29, 0.717) is 24.3 Å². The van der Waals surface area contributed by atoms with Crippen LogP contribution in [-0.2, 0) is 12.8 Å². The lowest BCUT2D eigenvalue weighted by Gasteiger charge is -2.21. The van der Waals surface area contributed by atoms with Gasteiger partial charge in [-0.15, -0.1) is 0 Å². The number of aryl methyl sites for hydroxylation is 1. The molecule has 1 aliphatic heterocycles. The number of ether oxygens (including phenoxy) is 1. The van der Waals surface area contributed by atoms with Crippen molar-refractivity contribution in [2.75, 3.05) is 18.5 Å². The SMILES string of the molecule is CCc1ccc(CC(=O)c2cccc3c2OCCN3)cc1. The van der Waals surface area contributed by atoms with Gasteiger partial charge in [-0.2, -0.15) is 0 Å². The van der Waals surface area contributed by atoms with E-state index in [-0.39, 0.29) is 5.78 Å². The number of anilines is 1. The molecule has 0 saturated heterocycles. The van der Waals surface area contributed by atoms with E-state index in [4.69, 9.17) is 4.74 Å². The Morgan fingerprint density at radius 1 is 1.14 bits per heavy atom. The maximum atomic E-state index is 12.5. The number of fused-ring (bicyclic) bond motifs is 1. The Balaban J connectivity index is 1.82. The van der Waals surface area contributed by atoms with Gasteiger partial charge in [0.1, 0.15) is 6.61 Å². The molecule has 0 amide bonds. The largest absolute Gasteiger partial charge is 0.489 e. The molecule has 3 rings (SSSR count). The molecule has 1 aliphatic rings. The minimum absolute atomic E-state index is 0.0970. The molecule has 0 aromatic heterocycles. The topological polar surface area (TPSA) is 38.3 Å². The Hall–Kier alpha value is -2.29. The van der Waals surface area contributed by atoms with E-state index in [9.17, 15) is 4.79 Å². The highest BCUT2D eigenvalue weighted by molar-refractivity contribution is 6.01. The van der Waals surface area contributed by atoms with Gasteiger partial charge in [0, 0.05) is 13.0 Å². The van der Waals surface area contributed by atoms with Crippen molar-refractivity contribution in [3.8, 4) is 5.75 Å². The second kappa shape index (κ2) is 6.00. The molecule has 2 aromatic carbocycles. The zero-order valence-electron chi connectivity index (χ0n) is 12.2. The minimum atomic E-state index is 0.0970. The normalized spacial score (nSPS) is 13.0. The average molecular weight is 281 g/mol. The van der Waals surface area contributed by atoms with E-state index in [1.807, 2.05) is 30.3 Å². The van der Waals surface area contributed by atoms with Gasteiger partial charge in [0.15, 0.2) is 11.5 Å². The first-order valence-electron chi connectivity index (χ1n) is 7.38. The summed E-state index contributed by atoms with van der Waals surface area (Å²) in [5.41, 5.74) is 3.90. The number of para-hydroxylation sites is 1. The summed E-state index contributed by atoms with van der Waals surface area (Å²) in [4.78, 5) is 12.5. The van der Waals surface area contributed by atoms with E-state index in [2.05, 4.69) is 24.4 Å². The molecule has 3 nitrogen and oxygen atoms in total. The van der Waals surface area contributed by atoms with Crippen LogP contribution in [0.3, 0.4) is 0 Å². The predicted molar refractivity (Wildman–Crippen MR) is 84.3 cm³/mol. The maximum Gasteiger partial charge on any atom is 0.171 e. The Morgan fingerprint density at radius 2 is 1.90 bits per heavy atom. The highest BCUT2D eigenvalue weighted by atomic mass is 16.5. The lowest BCUT2D eigenvalue weighted by atomic mass is 10.00. The first-order valence-corrected chi connectivity index (χ1v) is 7.38. The highest BCUT2D eigenvalue weighted by Gasteiger charge is 2.18. The first kappa shape index (κ1) is 13.7. The molecule has 1 N–H and O–H groups in total. The zero-order valence-corrected chi connectivity index (χ0v) is 12.2. The molecule has 21 heavy (non-hydrogen) atoms. The smallest absolute Gasteiger partial charge is 0.171 e. The molecule has 3 heteroatoms. The molecule has 108 valence electrons. The number of hydrogen-bond acceptors (Lipinski definition) is 3. The van der Waals surface area contributed by atoms with Crippen LogP contribution in [0.2, 0.25) is 0 Å². The quantitative estimate of drug-likeness (QED) is 0.872. The molecular weight excluding hydrogens is 262 g/mol. The molecule has 0 atom stereocenters. The van der Waals surface area contributed by atoms with Crippen LogP contribution in [0.25, 0.3) is 0 Å². The lowest BCUT2D eigenvalue weighted by molar-refractivity contribution is 0.0989. The Morgan fingerprint density at radius 3 is 2.67 bits per heavy atom. The van der Waals surface area contributed by atoms with E-state index in [0.717, 1.165) is 24.2 Å². The standard InChI is InChI=1S/C18H19NO2/c1-2-13-6-8-14(9-7-13)12-17(20)15-4-3-5-16-18(15)21-11-10-19-16/h3-9,19H,2,10-12H2,1H3. The predicted octanol–water partition coefficient (Wildman–Crippen LogP) is 3.48. The highest BCUT2D eigenvalue weighted by Crippen LogP contribution is 2.32. The van der Waals surface area contributed by atoms with Crippen molar-refractivity contribution in [1.82, 2.24) is 0 Å². The van der Waals surface area contributed by atoms with Gasteiger partial charge in [-0.05, 0) is 29.7 Å².